The summed E-state index contributed by atoms with van der Waals surface area (Å²) in [7, 11) is 0. The first-order valence-corrected chi connectivity index (χ1v) is 5.75. The van der Waals surface area contributed by atoms with Crippen LogP contribution in [0.1, 0.15) is 32.1 Å². The van der Waals surface area contributed by atoms with Gasteiger partial charge in [0.2, 0.25) is 0 Å². The maximum Gasteiger partial charge on any atom is 0.105 e. The Hall–Kier alpha value is -0.360. The van der Waals surface area contributed by atoms with E-state index in [9.17, 15) is 17.9 Å². The summed E-state index contributed by atoms with van der Waals surface area (Å²) >= 11 is 0. The fourth-order valence-corrected chi connectivity index (χ4v) is 4.55. The van der Waals surface area contributed by atoms with Gasteiger partial charge in [-0.2, -0.15) is 0 Å². The Labute approximate surface area is 90.9 Å². The highest BCUT2D eigenvalue weighted by molar-refractivity contribution is 5.12. The zero-order valence-electron chi connectivity index (χ0n) is 8.75. The summed E-state index contributed by atoms with van der Waals surface area (Å²) < 4.78 is 51.8. The average Bonchev–Trinajstić information content (AvgIpc) is 2.14. The summed E-state index contributed by atoms with van der Waals surface area (Å²) in [5.74, 6) is 0.195. The molecule has 92 valence electrons. The Morgan fingerprint density at radius 2 is 1.44 bits per heavy atom. The van der Waals surface area contributed by atoms with Gasteiger partial charge < -0.3 is 0 Å². The van der Waals surface area contributed by atoms with E-state index < -0.39 is 22.3 Å². The van der Waals surface area contributed by atoms with Crippen molar-refractivity contribution in [3.63, 3.8) is 0 Å². The lowest BCUT2D eigenvalue weighted by atomic mass is 9.51. The number of hydrogen-bond acceptors (Lipinski definition) is 2. The molecule has 0 spiro atoms. The third-order valence-electron chi connectivity index (χ3n) is 4.77. The molecule has 2 nitrogen and oxygen atoms in total. The van der Waals surface area contributed by atoms with E-state index >= 15 is 0 Å². The van der Waals surface area contributed by atoms with Crippen LogP contribution in [-0.2, 0) is 0 Å². The molecule has 4 aliphatic carbocycles. The first kappa shape index (κ1) is 10.8. The fraction of sp³-hybridized carbons (Fsp3) is 1.00. The summed E-state index contributed by atoms with van der Waals surface area (Å²) in [5, 5.41) is -1.89. The smallest absolute Gasteiger partial charge is 0.101 e. The average molecular weight is 238 g/mol. The zero-order valence-corrected chi connectivity index (χ0v) is 8.75. The van der Waals surface area contributed by atoms with Crippen molar-refractivity contribution < 1.29 is 17.9 Å². The highest BCUT2D eigenvalue weighted by Gasteiger charge is 2.64. The van der Waals surface area contributed by atoms with Crippen molar-refractivity contribution in [3.05, 3.63) is 0 Å². The Morgan fingerprint density at radius 1 is 0.875 bits per heavy atom. The van der Waals surface area contributed by atoms with Gasteiger partial charge in [0.05, 0.1) is 6.04 Å². The molecule has 4 rings (SSSR count). The van der Waals surface area contributed by atoms with Crippen LogP contribution in [0.25, 0.3) is 0 Å². The van der Waals surface area contributed by atoms with Crippen molar-refractivity contribution in [2.24, 2.45) is 17.8 Å². The minimum absolute atomic E-state index is 0.224. The minimum Gasteiger partial charge on any atom is -0.101 e. The molecule has 6 heteroatoms. The Balaban J connectivity index is 1.98. The summed E-state index contributed by atoms with van der Waals surface area (Å²) in [6.07, 6.45) is 2.80. The number of hydrogen-bond donors (Lipinski definition) is 0. The molecule has 4 fully saturated rings. The molecule has 0 amide bonds. The largest absolute Gasteiger partial charge is 0.105 e. The zero-order chi connectivity index (χ0) is 11.5. The summed E-state index contributed by atoms with van der Waals surface area (Å²) in [5.41, 5.74) is -1.59. The van der Waals surface area contributed by atoms with E-state index in [-0.39, 0.29) is 30.6 Å². The van der Waals surface area contributed by atoms with Crippen molar-refractivity contribution in [2.75, 3.05) is 0 Å². The maximum atomic E-state index is 13.1. The van der Waals surface area contributed by atoms with Gasteiger partial charge in [0.1, 0.15) is 5.54 Å². The van der Waals surface area contributed by atoms with Gasteiger partial charge in [0, 0.05) is 10.7 Å². The predicted molar refractivity (Wildman–Crippen MR) is 48.2 cm³/mol. The number of nitrogens with zero attached hydrogens (tertiary/aromatic N) is 2. The van der Waals surface area contributed by atoms with Crippen molar-refractivity contribution in [1.82, 2.24) is 10.7 Å². The van der Waals surface area contributed by atoms with Crippen LogP contribution in [0, 0.1) is 17.8 Å². The quantitative estimate of drug-likeness (QED) is 0.539. The molecule has 0 aromatic heterocycles. The van der Waals surface area contributed by atoms with Gasteiger partial charge in [-0.15, -0.1) is 17.9 Å². The van der Waals surface area contributed by atoms with E-state index in [1.165, 1.54) is 0 Å². The van der Waals surface area contributed by atoms with E-state index in [1.807, 2.05) is 0 Å². The SMILES string of the molecule is FN(F)C1C2C[C@@H]3C[C@H](C2)CC1(N(F)F)C3. The molecule has 0 saturated heterocycles. The lowest BCUT2D eigenvalue weighted by molar-refractivity contribution is -0.341. The lowest BCUT2D eigenvalue weighted by Gasteiger charge is -2.59. The van der Waals surface area contributed by atoms with Crippen LogP contribution < -0.4 is 0 Å². The van der Waals surface area contributed by atoms with Crippen LogP contribution in [0.15, 0.2) is 0 Å². The van der Waals surface area contributed by atoms with Crippen molar-refractivity contribution in [2.45, 2.75) is 43.7 Å². The predicted octanol–water partition coefficient (Wildman–Crippen LogP) is 3.08. The normalized spacial score (nSPS) is 50.6. The lowest BCUT2D eigenvalue weighted by Crippen LogP contribution is -2.67. The first-order valence-electron chi connectivity index (χ1n) is 5.75. The van der Waals surface area contributed by atoms with Gasteiger partial charge in [0.15, 0.2) is 0 Å². The fourth-order valence-electron chi connectivity index (χ4n) is 4.55. The van der Waals surface area contributed by atoms with Gasteiger partial charge in [-0.05, 0) is 49.9 Å². The molecule has 0 aromatic rings. The van der Waals surface area contributed by atoms with Crippen LogP contribution in [0.5, 0.6) is 0 Å². The molecule has 16 heavy (non-hydrogen) atoms. The van der Waals surface area contributed by atoms with E-state index in [0.29, 0.717) is 12.8 Å². The molecule has 3 unspecified atom stereocenters. The van der Waals surface area contributed by atoms with Crippen LogP contribution in [0.3, 0.4) is 0 Å². The molecule has 4 bridgehead atoms. The molecule has 0 radical (unpaired) electrons. The van der Waals surface area contributed by atoms with Crippen LogP contribution in [-0.4, -0.2) is 22.3 Å². The van der Waals surface area contributed by atoms with E-state index in [0.717, 1.165) is 6.42 Å². The van der Waals surface area contributed by atoms with Crippen molar-refractivity contribution >= 4 is 0 Å². The second kappa shape index (κ2) is 3.32. The third kappa shape index (κ3) is 1.26. The van der Waals surface area contributed by atoms with Crippen LogP contribution >= 0.6 is 0 Å². The van der Waals surface area contributed by atoms with E-state index in [2.05, 4.69) is 0 Å². The molecular weight excluding hydrogens is 224 g/mol. The highest BCUT2D eigenvalue weighted by Crippen LogP contribution is 2.59. The second-order valence-electron chi connectivity index (χ2n) is 5.65. The van der Waals surface area contributed by atoms with Gasteiger partial charge >= 0.3 is 0 Å². The van der Waals surface area contributed by atoms with Crippen molar-refractivity contribution in [3.8, 4) is 0 Å². The monoisotopic (exact) mass is 238 g/mol. The van der Waals surface area contributed by atoms with E-state index in [1.54, 1.807) is 0 Å². The molecule has 4 saturated carbocycles. The Bertz CT molecular complexity index is 283. The summed E-state index contributed by atoms with van der Waals surface area (Å²) in [6.45, 7) is 0. The summed E-state index contributed by atoms with van der Waals surface area (Å²) in [4.78, 5) is 0. The summed E-state index contributed by atoms with van der Waals surface area (Å²) in [6, 6.07) is -1.28. The van der Waals surface area contributed by atoms with Crippen LogP contribution in [0.4, 0.5) is 17.9 Å². The van der Waals surface area contributed by atoms with Crippen LogP contribution in [0.2, 0.25) is 0 Å². The minimum atomic E-state index is -1.59. The Morgan fingerprint density at radius 3 is 1.88 bits per heavy atom. The molecule has 0 heterocycles. The third-order valence-corrected chi connectivity index (χ3v) is 4.77. The van der Waals surface area contributed by atoms with Gasteiger partial charge in [-0.3, -0.25) is 0 Å². The molecule has 0 aromatic carbocycles. The highest BCUT2D eigenvalue weighted by atomic mass is 19.4. The molecular formula is C10H14F4N2. The maximum absolute atomic E-state index is 13.1. The number of rotatable bonds is 2. The van der Waals surface area contributed by atoms with Crippen molar-refractivity contribution in [1.29, 1.82) is 0 Å². The molecule has 5 atom stereocenters. The van der Waals surface area contributed by atoms with Gasteiger partial charge in [-0.1, -0.05) is 0 Å². The molecule has 0 N–H and O–H groups in total. The van der Waals surface area contributed by atoms with Gasteiger partial charge in [-0.25, -0.2) is 0 Å². The number of halogens is 4. The topological polar surface area (TPSA) is 6.48 Å². The second-order valence-corrected chi connectivity index (χ2v) is 5.65. The standard InChI is InChI=1S/C10H14F4N2/c11-15(12)9-8-2-6-1-7(3-8)5-10(9,4-6)16(13)14/h6-9H,1-5H2/t6-,7+,8?,9?,10?. The van der Waals surface area contributed by atoms with E-state index in [4.69, 9.17) is 0 Å². The Kier molecular flexibility index (Phi) is 2.24. The first-order chi connectivity index (χ1) is 7.53. The molecule has 0 aliphatic heterocycles. The molecule has 4 aliphatic rings. The van der Waals surface area contributed by atoms with Gasteiger partial charge in [0.25, 0.3) is 0 Å².